The molecule has 96 valence electrons. The van der Waals surface area contributed by atoms with E-state index in [0.29, 0.717) is 10.6 Å². The van der Waals surface area contributed by atoms with Crippen LogP contribution in [-0.2, 0) is 6.18 Å². The van der Waals surface area contributed by atoms with Crippen LogP contribution in [0.3, 0.4) is 0 Å². The van der Waals surface area contributed by atoms with Crippen LogP contribution in [0.15, 0.2) is 23.4 Å². The fourth-order valence-electron chi connectivity index (χ4n) is 1.59. The first-order chi connectivity index (χ1) is 8.29. The Morgan fingerprint density at radius 3 is 2.39 bits per heavy atom. The maximum Gasteiger partial charge on any atom is 0.453 e. The molecular weight excluding hydrogens is 263 g/mol. The summed E-state index contributed by atoms with van der Waals surface area (Å²) in [6.07, 6.45) is -3.48. The zero-order valence-corrected chi connectivity index (χ0v) is 10.5. The predicted octanol–water partition coefficient (Wildman–Crippen LogP) is 3.19. The minimum atomic E-state index is -4.53. The van der Waals surface area contributed by atoms with Gasteiger partial charge in [-0.3, -0.25) is 0 Å². The molecular formula is C11H10F3N3S. The number of halogens is 3. The summed E-state index contributed by atoms with van der Waals surface area (Å²) in [7, 11) is 0. The first-order valence-corrected chi connectivity index (χ1v) is 5.53. The number of benzene rings is 1. The topological polar surface area (TPSA) is 30.7 Å². The fourth-order valence-corrected chi connectivity index (χ4v) is 1.77. The van der Waals surface area contributed by atoms with Gasteiger partial charge in [0, 0.05) is 4.90 Å². The lowest BCUT2D eigenvalue weighted by Gasteiger charge is -2.08. The number of aromatic nitrogens is 3. The molecule has 2 rings (SSSR count). The van der Waals surface area contributed by atoms with E-state index in [1.807, 2.05) is 13.0 Å². The first kappa shape index (κ1) is 12.9. The smallest absolute Gasteiger partial charge is 0.220 e. The van der Waals surface area contributed by atoms with Crippen molar-refractivity contribution in [3.8, 4) is 5.69 Å². The van der Waals surface area contributed by atoms with E-state index < -0.39 is 12.0 Å². The summed E-state index contributed by atoms with van der Waals surface area (Å²) in [5.41, 5.74) is 2.30. The Bertz CT molecular complexity index is 590. The molecule has 0 bridgehead atoms. The Kier molecular flexibility index (Phi) is 3.10. The highest BCUT2D eigenvalue weighted by molar-refractivity contribution is 7.80. The van der Waals surface area contributed by atoms with Crippen molar-refractivity contribution in [2.75, 3.05) is 0 Å². The lowest BCUT2D eigenvalue weighted by molar-refractivity contribution is -0.144. The maximum absolute atomic E-state index is 12.4. The van der Waals surface area contributed by atoms with Crippen molar-refractivity contribution in [3.05, 3.63) is 35.4 Å². The molecule has 1 heterocycles. The first-order valence-electron chi connectivity index (χ1n) is 5.08. The lowest BCUT2D eigenvalue weighted by atomic mass is 10.1. The van der Waals surface area contributed by atoms with Gasteiger partial charge in [-0.25, -0.2) is 9.67 Å². The van der Waals surface area contributed by atoms with E-state index in [9.17, 15) is 13.2 Å². The van der Waals surface area contributed by atoms with E-state index in [2.05, 4.69) is 22.7 Å². The van der Waals surface area contributed by atoms with E-state index in [0.717, 1.165) is 22.1 Å². The zero-order chi connectivity index (χ0) is 13.5. The third kappa shape index (κ3) is 2.35. The van der Waals surface area contributed by atoms with E-state index >= 15 is 0 Å². The molecule has 0 aliphatic rings. The van der Waals surface area contributed by atoms with Crippen LogP contribution in [0, 0.1) is 13.8 Å². The third-order valence-electron chi connectivity index (χ3n) is 2.51. The molecule has 0 unspecified atom stereocenters. The predicted molar refractivity (Wildman–Crippen MR) is 63.1 cm³/mol. The molecule has 0 amide bonds. The number of nitrogens with zero attached hydrogens (tertiary/aromatic N) is 3. The van der Waals surface area contributed by atoms with Gasteiger partial charge in [0.2, 0.25) is 0 Å². The van der Waals surface area contributed by atoms with Crippen LogP contribution >= 0.6 is 12.6 Å². The molecule has 0 saturated carbocycles. The van der Waals surface area contributed by atoms with Crippen LogP contribution in [0.25, 0.3) is 5.69 Å². The monoisotopic (exact) mass is 273 g/mol. The molecule has 0 saturated heterocycles. The van der Waals surface area contributed by atoms with Crippen molar-refractivity contribution in [1.82, 2.24) is 14.8 Å². The molecule has 1 aromatic heterocycles. The average Bonchev–Trinajstić information content (AvgIpc) is 2.72. The number of alkyl halides is 3. The summed E-state index contributed by atoms with van der Waals surface area (Å²) in [5.74, 6) is -1.15. The number of hydrogen-bond acceptors (Lipinski definition) is 3. The van der Waals surface area contributed by atoms with E-state index in [-0.39, 0.29) is 0 Å². The Labute approximate surface area is 107 Å². The number of thiol groups is 1. The van der Waals surface area contributed by atoms with Gasteiger partial charge < -0.3 is 0 Å². The average molecular weight is 273 g/mol. The van der Waals surface area contributed by atoms with Gasteiger partial charge in [-0.2, -0.15) is 13.2 Å². The number of rotatable bonds is 1. The summed E-state index contributed by atoms with van der Waals surface area (Å²) in [5, 5.41) is 3.43. The molecule has 0 aliphatic carbocycles. The SMILES string of the molecule is Cc1cc(C)c(-n2cnc(C(F)(F)F)n2)cc1S. The van der Waals surface area contributed by atoms with Gasteiger partial charge in [-0.15, -0.1) is 17.7 Å². The van der Waals surface area contributed by atoms with Gasteiger partial charge in [-0.05, 0) is 31.0 Å². The van der Waals surface area contributed by atoms with E-state index in [1.54, 1.807) is 13.0 Å². The number of hydrogen-bond donors (Lipinski definition) is 1. The highest BCUT2D eigenvalue weighted by Crippen LogP contribution is 2.27. The standard InChI is InChI=1S/C11H10F3N3S/c1-6-3-7(2)9(18)4-8(6)17-5-15-10(16-17)11(12,13)14/h3-5,18H,1-2H3. The van der Waals surface area contributed by atoms with Crippen LogP contribution in [0.5, 0.6) is 0 Å². The van der Waals surface area contributed by atoms with Crippen molar-refractivity contribution in [3.63, 3.8) is 0 Å². The Morgan fingerprint density at radius 1 is 1.17 bits per heavy atom. The van der Waals surface area contributed by atoms with Crippen LogP contribution in [0.2, 0.25) is 0 Å². The van der Waals surface area contributed by atoms with Gasteiger partial charge in [0.05, 0.1) is 5.69 Å². The summed E-state index contributed by atoms with van der Waals surface area (Å²) >= 11 is 4.25. The second-order valence-corrected chi connectivity index (χ2v) is 4.42. The van der Waals surface area contributed by atoms with Crippen molar-refractivity contribution in [1.29, 1.82) is 0 Å². The minimum absolute atomic E-state index is 0.536. The Balaban J connectivity index is 2.50. The normalized spacial score (nSPS) is 11.9. The molecule has 0 radical (unpaired) electrons. The van der Waals surface area contributed by atoms with Crippen LogP contribution < -0.4 is 0 Å². The minimum Gasteiger partial charge on any atom is -0.220 e. The summed E-state index contributed by atoms with van der Waals surface area (Å²) in [6, 6.07) is 3.51. The Morgan fingerprint density at radius 2 is 1.83 bits per heavy atom. The molecule has 2 aromatic rings. The maximum atomic E-state index is 12.4. The van der Waals surface area contributed by atoms with Gasteiger partial charge in [-0.1, -0.05) is 6.07 Å². The summed E-state index contributed by atoms with van der Waals surface area (Å²) in [6.45, 7) is 3.67. The molecule has 0 spiro atoms. The molecule has 0 atom stereocenters. The van der Waals surface area contributed by atoms with Gasteiger partial charge in [0.1, 0.15) is 6.33 Å². The molecule has 18 heavy (non-hydrogen) atoms. The molecule has 0 N–H and O–H groups in total. The second kappa shape index (κ2) is 4.31. The molecule has 3 nitrogen and oxygen atoms in total. The van der Waals surface area contributed by atoms with Crippen molar-refractivity contribution in [2.24, 2.45) is 0 Å². The largest absolute Gasteiger partial charge is 0.453 e. The third-order valence-corrected chi connectivity index (χ3v) is 2.99. The van der Waals surface area contributed by atoms with Gasteiger partial charge in [0.25, 0.3) is 5.82 Å². The quantitative estimate of drug-likeness (QED) is 0.809. The van der Waals surface area contributed by atoms with Crippen molar-refractivity contribution >= 4 is 12.6 Å². The lowest BCUT2D eigenvalue weighted by Crippen LogP contribution is -2.09. The fraction of sp³-hybridized carbons (Fsp3) is 0.273. The van der Waals surface area contributed by atoms with Crippen molar-refractivity contribution in [2.45, 2.75) is 24.9 Å². The summed E-state index contributed by atoms with van der Waals surface area (Å²) < 4.78 is 38.3. The zero-order valence-electron chi connectivity index (χ0n) is 9.65. The molecule has 0 fully saturated rings. The Hall–Kier alpha value is -1.50. The van der Waals surface area contributed by atoms with E-state index in [4.69, 9.17) is 0 Å². The van der Waals surface area contributed by atoms with E-state index in [1.165, 1.54) is 0 Å². The van der Waals surface area contributed by atoms with Crippen LogP contribution in [0.4, 0.5) is 13.2 Å². The molecule has 0 aliphatic heterocycles. The second-order valence-electron chi connectivity index (χ2n) is 3.94. The highest BCUT2D eigenvalue weighted by atomic mass is 32.1. The van der Waals surface area contributed by atoms with Crippen molar-refractivity contribution < 1.29 is 13.2 Å². The van der Waals surface area contributed by atoms with Gasteiger partial charge >= 0.3 is 6.18 Å². The van der Waals surface area contributed by atoms with Crippen LogP contribution in [-0.4, -0.2) is 14.8 Å². The number of aryl methyl sites for hydroxylation is 2. The van der Waals surface area contributed by atoms with Crippen LogP contribution in [0.1, 0.15) is 17.0 Å². The highest BCUT2D eigenvalue weighted by Gasteiger charge is 2.35. The molecule has 1 aromatic carbocycles. The van der Waals surface area contributed by atoms with Gasteiger partial charge in [0.15, 0.2) is 0 Å². The summed E-state index contributed by atoms with van der Waals surface area (Å²) in [4.78, 5) is 3.95. The molecule has 7 heteroatoms.